The Balaban J connectivity index is 1.85. The lowest BCUT2D eigenvalue weighted by atomic mass is 10.0. The number of hydrogen-bond acceptors (Lipinski definition) is 2. The van der Waals surface area contributed by atoms with E-state index < -0.39 is 0 Å². The fourth-order valence-electron chi connectivity index (χ4n) is 2.30. The first-order chi connectivity index (χ1) is 9.92. The van der Waals surface area contributed by atoms with E-state index in [-0.39, 0.29) is 6.04 Å². The summed E-state index contributed by atoms with van der Waals surface area (Å²) in [4.78, 5) is 9.20. The molecule has 1 unspecified atom stereocenters. The van der Waals surface area contributed by atoms with Gasteiger partial charge in [-0.05, 0) is 17.7 Å². The number of nitrogens with zero attached hydrogens (tertiary/aromatic N) is 2. The second kappa shape index (κ2) is 6.19. The number of hydrogen-bond donors (Lipinski definition) is 2. The molecule has 0 bridgehead atoms. The van der Waals surface area contributed by atoms with E-state index in [2.05, 4.69) is 39.9 Å². The van der Waals surface area contributed by atoms with Crippen molar-refractivity contribution in [2.45, 2.75) is 12.5 Å². The summed E-state index contributed by atoms with van der Waals surface area (Å²) < 4.78 is 0. The topological polar surface area (TPSA) is 49.3 Å². The van der Waals surface area contributed by atoms with Gasteiger partial charge < -0.3 is 10.6 Å². The lowest BCUT2D eigenvalue weighted by molar-refractivity contribution is 0.702. The van der Waals surface area contributed by atoms with Gasteiger partial charge in [-0.1, -0.05) is 36.4 Å². The molecule has 102 valence electrons. The van der Waals surface area contributed by atoms with Crippen LogP contribution in [0.15, 0.2) is 59.7 Å². The number of rotatable bonds is 4. The smallest absolute Gasteiger partial charge is 0.192 e. The molecule has 2 N–H and O–H groups in total. The fraction of sp³-hybridized carbons (Fsp3) is 0.250. The number of aliphatic imine (C=N–C) groups is 1. The maximum absolute atomic E-state index is 4.80. The third kappa shape index (κ3) is 3.15. The van der Waals surface area contributed by atoms with Crippen molar-refractivity contribution in [3.63, 3.8) is 0 Å². The molecule has 1 saturated heterocycles. The Labute approximate surface area is 119 Å². The summed E-state index contributed by atoms with van der Waals surface area (Å²) in [6.45, 7) is 1.87. The first-order valence-electron chi connectivity index (χ1n) is 6.92. The Kier molecular flexibility index (Phi) is 3.92. The molecule has 1 aliphatic heterocycles. The largest absolute Gasteiger partial charge is 0.355 e. The van der Waals surface area contributed by atoms with Crippen LogP contribution in [0, 0.1) is 0 Å². The van der Waals surface area contributed by atoms with Crippen LogP contribution < -0.4 is 10.6 Å². The fourth-order valence-corrected chi connectivity index (χ4v) is 2.30. The third-order valence-electron chi connectivity index (χ3n) is 3.31. The van der Waals surface area contributed by atoms with E-state index in [4.69, 9.17) is 4.99 Å². The first kappa shape index (κ1) is 12.7. The molecule has 1 aliphatic rings. The normalized spacial score (nSPS) is 15.3. The van der Waals surface area contributed by atoms with E-state index in [0.717, 1.165) is 31.2 Å². The summed E-state index contributed by atoms with van der Waals surface area (Å²) in [7, 11) is 0. The molecule has 1 fully saturated rings. The predicted octanol–water partition coefficient (Wildman–Crippen LogP) is 1.91. The Morgan fingerprint density at radius 3 is 2.45 bits per heavy atom. The molecular weight excluding hydrogens is 248 g/mol. The number of nitrogens with one attached hydrogen (secondary N) is 2. The van der Waals surface area contributed by atoms with Crippen molar-refractivity contribution in [2.75, 3.05) is 13.1 Å². The monoisotopic (exact) mass is 266 g/mol. The highest BCUT2D eigenvalue weighted by atomic mass is 15.2. The van der Waals surface area contributed by atoms with Gasteiger partial charge in [-0.15, -0.1) is 0 Å². The van der Waals surface area contributed by atoms with Crippen molar-refractivity contribution in [1.82, 2.24) is 15.6 Å². The Morgan fingerprint density at radius 1 is 1.00 bits per heavy atom. The van der Waals surface area contributed by atoms with Gasteiger partial charge in [-0.25, -0.2) is 4.99 Å². The molecule has 1 aromatic heterocycles. The van der Waals surface area contributed by atoms with Gasteiger partial charge in [-0.2, -0.15) is 0 Å². The molecule has 0 spiro atoms. The number of aromatic nitrogens is 1. The molecule has 3 rings (SSSR count). The minimum atomic E-state index is 0.0826. The zero-order chi connectivity index (χ0) is 13.6. The molecule has 0 amide bonds. The van der Waals surface area contributed by atoms with Gasteiger partial charge >= 0.3 is 0 Å². The highest BCUT2D eigenvalue weighted by Gasteiger charge is 2.14. The van der Waals surface area contributed by atoms with Crippen LogP contribution in [0.2, 0.25) is 0 Å². The van der Waals surface area contributed by atoms with Crippen LogP contribution in [-0.2, 0) is 6.42 Å². The van der Waals surface area contributed by atoms with Crippen LogP contribution in [0.4, 0.5) is 0 Å². The van der Waals surface area contributed by atoms with Crippen LogP contribution >= 0.6 is 0 Å². The summed E-state index contributed by atoms with van der Waals surface area (Å²) in [6.07, 6.45) is 2.63. The molecule has 0 aliphatic carbocycles. The van der Waals surface area contributed by atoms with E-state index in [0.29, 0.717) is 0 Å². The van der Waals surface area contributed by atoms with Crippen molar-refractivity contribution in [1.29, 1.82) is 0 Å². The van der Waals surface area contributed by atoms with Crippen LogP contribution in [-0.4, -0.2) is 24.0 Å². The molecular formula is C16H18N4. The van der Waals surface area contributed by atoms with Gasteiger partial charge in [0.1, 0.15) is 0 Å². The molecule has 2 aromatic rings. The molecule has 1 aromatic carbocycles. The molecule has 2 heterocycles. The zero-order valence-electron chi connectivity index (χ0n) is 11.3. The van der Waals surface area contributed by atoms with Crippen LogP contribution in [0.25, 0.3) is 0 Å². The van der Waals surface area contributed by atoms with E-state index in [9.17, 15) is 0 Å². The second-order valence-electron chi connectivity index (χ2n) is 4.78. The van der Waals surface area contributed by atoms with Crippen molar-refractivity contribution in [3.05, 3.63) is 66.0 Å². The van der Waals surface area contributed by atoms with Crippen LogP contribution in [0.3, 0.4) is 0 Å². The van der Waals surface area contributed by atoms with Crippen molar-refractivity contribution in [2.24, 2.45) is 4.99 Å². The van der Waals surface area contributed by atoms with E-state index in [1.54, 1.807) is 0 Å². The average Bonchev–Trinajstić information content (AvgIpc) is 3.02. The SMILES string of the molecule is c1ccc(C(Cc2ccccn2)N=C2NCCN2)cc1. The van der Waals surface area contributed by atoms with Gasteiger partial charge in [-0.3, -0.25) is 4.98 Å². The molecule has 1 atom stereocenters. The predicted molar refractivity (Wildman–Crippen MR) is 80.6 cm³/mol. The number of guanidine groups is 1. The maximum Gasteiger partial charge on any atom is 0.192 e. The summed E-state index contributed by atoms with van der Waals surface area (Å²) >= 11 is 0. The van der Waals surface area contributed by atoms with Crippen LogP contribution in [0.1, 0.15) is 17.3 Å². The van der Waals surface area contributed by atoms with Gasteiger partial charge in [0, 0.05) is 31.4 Å². The summed E-state index contributed by atoms with van der Waals surface area (Å²) in [5.74, 6) is 0.884. The zero-order valence-corrected chi connectivity index (χ0v) is 11.3. The number of benzene rings is 1. The van der Waals surface area contributed by atoms with Crippen LogP contribution in [0.5, 0.6) is 0 Å². The van der Waals surface area contributed by atoms with Crippen molar-refractivity contribution >= 4 is 5.96 Å². The van der Waals surface area contributed by atoms with E-state index in [1.807, 2.05) is 30.5 Å². The third-order valence-corrected chi connectivity index (χ3v) is 3.31. The molecule has 4 heteroatoms. The van der Waals surface area contributed by atoms with Gasteiger partial charge in [0.2, 0.25) is 0 Å². The highest BCUT2D eigenvalue weighted by Crippen LogP contribution is 2.21. The average molecular weight is 266 g/mol. The van der Waals surface area contributed by atoms with E-state index in [1.165, 1.54) is 5.56 Å². The Bertz CT molecular complexity index is 558. The standard InChI is InChI=1S/C16H18N4/c1-2-6-13(7-3-1)15(20-16-18-10-11-19-16)12-14-8-4-5-9-17-14/h1-9,15H,10-12H2,(H2,18,19,20). The van der Waals surface area contributed by atoms with Crippen molar-refractivity contribution in [3.8, 4) is 0 Å². The molecule has 20 heavy (non-hydrogen) atoms. The van der Waals surface area contributed by atoms with Crippen molar-refractivity contribution < 1.29 is 0 Å². The highest BCUT2D eigenvalue weighted by molar-refractivity contribution is 5.81. The summed E-state index contributed by atoms with van der Waals surface area (Å²) in [5, 5.41) is 6.52. The Morgan fingerprint density at radius 2 is 1.75 bits per heavy atom. The minimum Gasteiger partial charge on any atom is -0.355 e. The lowest BCUT2D eigenvalue weighted by Crippen LogP contribution is -2.25. The maximum atomic E-state index is 4.80. The Hall–Kier alpha value is -2.36. The summed E-state index contributed by atoms with van der Waals surface area (Å²) in [6, 6.07) is 16.5. The molecule has 0 saturated carbocycles. The quantitative estimate of drug-likeness (QED) is 0.889. The first-order valence-corrected chi connectivity index (χ1v) is 6.92. The number of pyridine rings is 1. The molecule has 0 radical (unpaired) electrons. The summed E-state index contributed by atoms with van der Waals surface area (Å²) in [5.41, 5.74) is 2.27. The lowest BCUT2D eigenvalue weighted by Gasteiger charge is -2.14. The van der Waals surface area contributed by atoms with Gasteiger partial charge in [0.15, 0.2) is 5.96 Å². The van der Waals surface area contributed by atoms with Gasteiger partial charge in [0.25, 0.3) is 0 Å². The minimum absolute atomic E-state index is 0.0826. The second-order valence-corrected chi connectivity index (χ2v) is 4.78. The molecule has 4 nitrogen and oxygen atoms in total. The van der Waals surface area contributed by atoms with Gasteiger partial charge in [0.05, 0.1) is 6.04 Å². The van der Waals surface area contributed by atoms with E-state index >= 15 is 0 Å².